The number of hydrogen-bond acceptors (Lipinski definition) is 1. The third-order valence-electron chi connectivity index (χ3n) is 0.836. The third kappa shape index (κ3) is 0.233. The largest absolute Gasteiger partial charge is 0.336 e. The average Bonchev–Trinajstić information content (AvgIpc) is 1.61. The van der Waals surface area contributed by atoms with Crippen LogP contribution in [0.15, 0.2) is 12.3 Å². The third-order valence-corrected chi connectivity index (χ3v) is 0.836. The normalized spacial score (nSPS) is 18.2. The molecule has 2 nitrogen and oxygen atoms in total. The van der Waals surface area contributed by atoms with Crippen molar-refractivity contribution < 1.29 is 0 Å². The second-order valence-electron chi connectivity index (χ2n) is 1.31. The minimum atomic E-state index is 0.593. The van der Waals surface area contributed by atoms with Crippen LogP contribution >= 0.6 is 0 Å². The zero-order chi connectivity index (χ0) is 4.57. The van der Waals surface area contributed by atoms with Crippen molar-refractivity contribution in [3.05, 3.63) is 12.3 Å². The smallest absolute Gasteiger partial charge is 0.125 e. The molecule has 0 atom stereocenters. The van der Waals surface area contributed by atoms with Crippen molar-refractivity contribution in [2.75, 3.05) is 7.05 Å². The number of nitrogens with one attached hydrogen (secondary N) is 1. The maximum atomic E-state index is 6.88. The molecule has 0 radical (unpaired) electrons. The van der Waals surface area contributed by atoms with Crippen LogP contribution in [0.5, 0.6) is 0 Å². The van der Waals surface area contributed by atoms with Crippen LogP contribution in [0.25, 0.3) is 0 Å². The second kappa shape index (κ2) is 0.834. The Morgan fingerprint density at radius 3 is 2.33 bits per heavy atom. The molecule has 1 rings (SSSR count). The summed E-state index contributed by atoms with van der Waals surface area (Å²) in [6.07, 6.45) is 3.60. The second-order valence-corrected chi connectivity index (χ2v) is 1.31. The molecule has 0 fully saturated rings. The van der Waals surface area contributed by atoms with Crippen molar-refractivity contribution in [2.24, 2.45) is 0 Å². The van der Waals surface area contributed by atoms with Gasteiger partial charge in [0.15, 0.2) is 0 Å². The fraction of sp³-hybridized carbons (Fsp3) is 0.250. The lowest BCUT2D eigenvalue weighted by molar-refractivity contribution is 0.653. The van der Waals surface area contributed by atoms with Gasteiger partial charge < -0.3 is 4.90 Å². The molecular weight excluding hydrogens is 76.1 g/mol. The number of hydrogen-bond donors (Lipinski definition) is 1. The number of nitrogens with zero attached hydrogens (tertiary/aromatic N) is 1. The predicted molar refractivity (Wildman–Crippen MR) is 24.6 cm³/mol. The Bertz CT molecular complexity index is 104. The predicted octanol–water partition coefficient (Wildman–Crippen LogP) is 0.423. The van der Waals surface area contributed by atoms with Gasteiger partial charge in [0.1, 0.15) is 5.84 Å². The van der Waals surface area contributed by atoms with E-state index in [0.29, 0.717) is 5.84 Å². The topological polar surface area (TPSA) is 27.1 Å². The zero-order valence-corrected chi connectivity index (χ0v) is 3.60. The van der Waals surface area contributed by atoms with Gasteiger partial charge in [-0.05, 0) is 6.08 Å². The molecule has 0 aromatic carbocycles. The van der Waals surface area contributed by atoms with Gasteiger partial charge in [-0.1, -0.05) is 0 Å². The molecule has 1 heterocycles. The van der Waals surface area contributed by atoms with E-state index in [1.807, 2.05) is 13.2 Å². The first-order valence-corrected chi connectivity index (χ1v) is 1.80. The molecule has 1 N–H and O–H groups in total. The molecule has 6 heavy (non-hydrogen) atoms. The summed E-state index contributed by atoms with van der Waals surface area (Å²) in [4.78, 5) is 1.75. The fourth-order valence-corrected chi connectivity index (χ4v) is 0.298. The summed E-state index contributed by atoms with van der Waals surface area (Å²) >= 11 is 0. The Labute approximate surface area is 36.6 Å². The van der Waals surface area contributed by atoms with Crippen molar-refractivity contribution in [1.29, 1.82) is 5.41 Å². The summed E-state index contributed by atoms with van der Waals surface area (Å²) in [6.45, 7) is 0. The fourth-order valence-electron chi connectivity index (χ4n) is 0.298. The first-order chi connectivity index (χ1) is 2.80. The van der Waals surface area contributed by atoms with Crippen LogP contribution in [-0.4, -0.2) is 17.8 Å². The molecule has 0 amide bonds. The van der Waals surface area contributed by atoms with Crippen LogP contribution in [-0.2, 0) is 0 Å². The molecule has 0 aliphatic carbocycles. The first kappa shape index (κ1) is 3.40. The Morgan fingerprint density at radius 1 is 1.83 bits per heavy atom. The van der Waals surface area contributed by atoms with Crippen LogP contribution < -0.4 is 0 Å². The Hall–Kier alpha value is -0.790. The van der Waals surface area contributed by atoms with Gasteiger partial charge in [-0.2, -0.15) is 0 Å². The number of likely N-dealkylation sites (N-methyl/N-ethyl adjacent to an activating group) is 1. The average molecular weight is 82.1 g/mol. The van der Waals surface area contributed by atoms with Crippen molar-refractivity contribution >= 4 is 5.84 Å². The molecule has 1 aliphatic rings. The summed E-state index contributed by atoms with van der Waals surface area (Å²) < 4.78 is 0. The Morgan fingerprint density at radius 2 is 2.33 bits per heavy atom. The van der Waals surface area contributed by atoms with Crippen molar-refractivity contribution in [1.82, 2.24) is 4.90 Å². The van der Waals surface area contributed by atoms with Gasteiger partial charge in [-0.3, -0.25) is 5.41 Å². The van der Waals surface area contributed by atoms with Crippen molar-refractivity contribution in [3.8, 4) is 0 Å². The van der Waals surface area contributed by atoms with Gasteiger partial charge in [0, 0.05) is 13.2 Å². The van der Waals surface area contributed by atoms with E-state index in [-0.39, 0.29) is 0 Å². The van der Waals surface area contributed by atoms with E-state index in [1.54, 1.807) is 11.0 Å². The number of rotatable bonds is 0. The first-order valence-electron chi connectivity index (χ1n) is 1.80. The molecule has 0 aromatic heterocycles. The van der Waals surface area contributed by atoms with E-state index in [9.17, 15) is 0 Å². The standard InChI is InChI=1S/C4H6N2/c1-6-3-2-4(6)5/h2-3,5H,1H3. The SMILES string of the molecule is CN1C=CC1=N. The van der Waals surface area contributed by atoms with Crippen molar-refractivity contribution in [3.63, 3.8) is 0 Å². The van der Waals surface area contributed by atoms with E-state index < -0.39 is 0 Å². The highest BCUT2D eigenvalue weighted by Crippen LogP contribution is 1.97. The lowest BCUT2D eigenvalue weighted by atomic mass is 10.4. The van der Waals surface area contributed by atoms with Gasteiger partial charge in [0.05, 0.1) is 0 Å². The van der Waals surface area contributed by atoms with E-state index in [4.69, 9.17) is 5.41 Å². The molecule has 2 heteroatoms. The van der Waals surface area contributed by atoms with Gasteiger partial charge in [-0.25, -0.2) is 0 Å². The molecule has 0 spiro atoms. The molecule has 0 saturated carbocycles. The molecule has 32 valence electrons. The maximum Gasteiger partial charge on any atom is 0.125 e. The van der Waals surface area contributed by atoms with Crippen LogP contribution in [0, 0.1) is 5.41 Å². The molecular formula is C4H6N2. The minimum absolute atomic E-state index is 0.593. The maximum absolute atomic E-state index is 6.88. The van der Waals surface area contributed by atoms with Crippen LogP contribution in [0.4, 0.5) is 0 Å². The van der Waals surface area contributed by atoms with Crippen LogP contribution in [0.2, 0.25) is 0 Å². The van der Waals surface area contributed by atoms with E-state index in [0.717, 1.165) is 0 Å². The minimum Gasteiger partial charge on any atom is -0.336 e. The Balaban J connectivity index is 2.67. The number of amidine groups is 1. The molecule has 0 bridgehead atoms. The van der Waals surface area contributed by atoms with Crippen LogP contribution in [0.1, 0.15) is 0 Å². The quantitative estimate of drug-likeness (QED) is 0.450. The molecule has 0 unspecified atom stereocenters. The summed E-state index contributed by atoms with van der Waals surface area (Å²) in [5, 5.41) is 6.88. The van der Waals surface area contributed by atoms with E-state index in [2.05, 4.69) is 0 Å². The van der Waals surface area contributed by atoms with Gasteiger partial charge in [0.25, 0.3) is 0 Å². The van der Waals surface area contributed by atoms with Gasteiger partial charge in [-0.15, -0.1) is 0 Å². The highest BCUT2D eigenvalue weighted by atomic mass is 15.2. The van der Waals surface area contributed by atoms with Gasteiger partial charge in [0.2, 0.25) is 0 Å². The molecule has 1 aliphatic heterocycles. The molecule has 0 saturated heterocycles. The summed E-state index contributed by atoms with van der Waals surface area (Å²) in [5.41, 5.74) is 0. The van der Waals surface area contributed by atoms with E-state index in [1.165, 1.54) is 0 Å². The Kier molecular flexibility index (Phi) is 0.473. The van der Waals surface area contributed by atoms with E-state index >= 15 is 0 Å². The highest BCUT2D eigenvalue weighted by molar-refractivity contribution is 5.95. The van der Waals surface area contributed by atoms with Crippen LogP contribution in [0.3, 0.4) is 0 Å². The lowest BCUT2D eigenvalue weighted by Gasteiger charge is -2.18. The summed E-state index contributed by atoms with van der Waals surface area (Å²) in [6, 6.07) is 0. The van der Waals surface area contributed by atoms with Crippen molar-refractivity contribution in [2.45, 2.75) is 0 Å². The zero-order valence-electron chi connectivity index (χ0n) is 3.60. The molecule has 0 aromatic rings. The monoisotopic (exact) mass is 82.1 g/mol. The highest BCUT2D eigenvalue weighted by Gasteiger charge is 2.02. The summed E-state index contributed by atoms with van der Waals surface area (Å²) in [5.74, 6) is 0.593. The lowest BCUT2D eigenvalue weighted by Crippen LogP contribution is -2.25. The van der Waals surface area contributed by atoms with Gasteiger partial charge >= 0.3 is 0 Å². The summed E-state index contributed by atoms with van der Waals surface area (Å²) in [7, 11) is 1.85.